The van der Waals surface area contributed by atoms with Crippen LogP contribution in [0.3, 0.4) is 0 Å². The molecule has 4 atom stereocenters. The number of benzene rings is 1. The zero-order valence-corrected chi connectivity index (χ0v) is 11.8. The van der Waals surface area contributed by atoms with Crippen LogP contribution in [0.2, 0.25) is 0 Å². The molecular weight excluding hydrogens is 252 g/mol. The van der Waals surface area contributed by atoms with E-state index in [0.717, 1.165) is 19.4 Å². The van der Waals surface area contributed by atoms with Gasteiger partial charge in [0.15, 0.2) is 0 Å². The van der Waals surface area contributed by atoms with Crippen LogP contribution in [-0.2, 0) is 9.53 Å². The minimum absolute atomic E-state index is 0.0528. The van der Waals surface area contributed by atoms with Crippen molar-refractivity contribution in [2.24, 2.45) is 11.7 Å². The molecule has 0 saturated carbocycles. The van der Waals surface area contributed by atoms with Gasteiger partial charge in [-0.2, -0.15) is 0 Å². The number of hydrogen-bond donors (Lipinski definition) is 2. The molecule has 1 amide bonds. The predicted molar refractivity (Wildman–Crippen MR) is 77.4 cm³/mol. The first-order chi connectivity index (χ1) is 9.65. The van der Waals surface area contributed by atoms with Crippen molar-refractivity contribution in [1.82, 2.24) is 5.32 Å². The molecule has 1 aromatic rings. The maximum Gasteiger partial charge on any atom is 0.237 e. The lowest BCUT2D eigenvalue weighted by atomic mass is 9.85. The molecule has 0 aliphatic carbocycles. The smallest absolute Gasteiger partial charge is 0.237 e. The third-order valence-electron chi connectivity index (χ3n) is 4.61. The number of ether oxygens (including phenoxy) is 1. The van der Waals surface area contributed by atoms with E-state index in [1.165, 1.54) is 11.1 Å². The Bertz CT molecular complexity index is 486. The van der Waals surface area contributed by atoms with Gasteiger partial charge in [-0.1, -0.05) is 29.8 Å². The molecule has 0 radical (unpaired) electrons. The summed E-state index contributed by atoms with van der Waals surface area (Å²) in [6, 6.07) is 8.44. The van der Waals surface area contributed by atoms with Crippen LogP contribution >= 0.6 is 0 Å². The van der Waals surface area contributed by atoms with Crippen LogP contribution in [0.15, 0.2) is 24.3 Å². The van der Waals surface area contributed by atoms with Crippen LogP contribution in [0.4, 0.5) is 0 Å². The minimum atomic E-state index is -0.322. The molecule has 4 nitrogen and oxygen atoms in total. The van der Waals surface area contributed by atoms with Gasteiger partial charge in [0, 0.05) is 19.1 Å². The summed E-state index contributed by atoms with van der Waals surface area (Å²) in [5, 5.41) is 3.21. The van der Waals surface area contributed by atoms with Gasteiger partial charge < -0.3 is 15.8 Å². The summed E-state index contributed by atoms with van der Waals surface area (Å²) in [6.45, 7) is 3.63. The molecule has 2 aliphatic heterocycles. The largest absolute Gasteiger partial charge is 0.376 e. The predicted octanol–water partition coefficient (Wildman–Crippen LogP) is 1.33. The standard InChI is InChI=1S/C16H22N2O2/c1-10-2-4-11(5-3-10)12-6-7-20-15-13(8-12)9-18-14(15)16(17)19/h2-5,12-15,18H,6-9H2,1H3,(H2,17,19)/t12-,13-,14-,15+/m0/s1. The van der Waals surface area contributed by atoms with Crippen molar-refractivity contribution in [3.05, 3.63) is 35.4 Å². The van der Waals surface area contributed by atoms with E-state index in [1.807, 2.05) is 0 Å². The summed E-state index contributed by atoms with van der Waals surface area (Å²) in [5.41, 5.74) is 8.10. The van der Waals surface area contributed by atoms with Crippen LogP contribution in [0.5, 0.6) is 0 Å². The number of rotatable bonds is 2. The third kappa shape index (κ3) is 2.58. The number of carbonyl (C=O) groups is 1. The van der Waals surface area contributed by atoms with Crippen molar-refractivity contribution >= 4 is 5.91 Å². The molecule has 0 aromatic heterocycles. The number of hydrogen-bond acceptors (Lipinski definition) is 3. The molecule has 4 heteroatoms. The van der Waals surface area contributed by atoms with Gasteiger partial charge in [0.2, 0.25) is 5.91 Å². The second-order valence-corrected chi connectivity index (χ2v) is 6.02. The first-order valence-corrected chi connectivity index (χ1v) is 7.36. The average Bonchev–Trinajstić information content (AvgIpc) is 2.71. The summed E-state index contributed by atoms with van der Waals surface area (Å²) in [4.78, 5) is 11.4. The van der Waals surface area contributed by atoms with Crippen molar-refractivity contribution < 1.29 is 9.53 Å². The number of carbonyl (C=O) groups excluding carboxylic acids is 1. The van der Waals surface area contributed by atoms with Crippen LogP contribution in [0.25, 0.3) is 0 Å². The minimum Gasteiger partial charge on any atom is -0.376 e. The molecule has 0 bridgehead atoms. The van der Waals surface area contributed by atoms with Crippen LogP contribution in [-0.4, -0.2) is 31.2 Å². The lowest BCUT2D eigenvalue weighted by Gasteiger charge is -2.20. The number of fused-ring (bicyclic) bond motifs is 1. The lowest BCUT2D eigenvalue weighted by molar-refractivity contribution is -0.123. The molecule has 3 rings (SSSR count). The lowest BCUT2D eigenvalue weighted by Crippen LogP contribution is -2.44. The maximum absolute atomic E-state index is 11.4. The van der Waals surface area contributed by atoms with Gasteiger partial charge >= 0.3 is 0 Å². The highest BCUT2D eigenvalue weighted by Crippen LogP contribution is 2.35. The first-order valence-electron chi connectivity index (χ1n) is 7.36. The summed E-state index contributed by atoms with van der Waals surface area (Å²) in [5.74, 6) is 0.589. The fourth-order valence-electron chi connectivity index (χ4n) is 3.47. The summed E-state index contributed by atoms with van der Waals surface area (Å²) in [6.07, 6.45) is 2.02. The zero-order chi connectivity index (χ0) is 14.1. The topological polar surface area (TPSA) is 64.3 Å². The van der Waals surface area contributed by atoms with Gasteiger partial charge in [0.1, 0.15) is 6.04 Å². The van der Waals surface area contributed by atoms with E-state index < -0.39 is 0 Å². The summed E-state index contributed by atoms with van der Waals surface area (Å²) < 4.78 is 5.91. The van der Waals surface area contributed by atoms with Crippen LogP contribution < -0.4 is 11.1 Å². The summed E-state index contributed by atoms with van der Waals surface area (Å²) >= 11 is 0. The molecule has 2 saturated heterocycles. The van der Waals surface area contributed by atoms with Crippen molar-refractivity contribution in [3.8, 4) is 0 Å². The number of aryl methyl sites for hydroxylation is 1. The van der Waals surface area contributed by atoms with Crippen LogP contribution in [0, 0.1) is 12.8 Å². The van der Waals surface area contributed by atoms with Gasteiger partial charge in [-0.15, -0.1) is 0 Å². The molecular formula is C16H22N2O2. The third-order valence-corrected chi connectivity index (χ3v) is 4.61. The monoisotopic (exact) mass is 274 g/mol. The Labute approximate surface area is 119 Å². The zero-order valence-electron chi connectivity index (χ0n) is 11.8. The Morgan fingerprint density at radius 2 is 2.10 bits per heavy atom. The van der Waals surface area contributed by atoms with Gasteiger partial charge in [0.05, 0.1) is 6.10 Å². The van der Waals surface area contributed by atoms with E-state index in [2.05, 4.69) is 36.5 Å². The van der Waals surface area contributed by atoms with Gasteiger partial charge in [-0.3, -0.25) is 4.79 Å². The molecule has 20 heavy (non-hydrogen) atoms. The van der Waals surface area contributed by atoms with Crippen molar-refractivity contribution in [1.29, 1.82) is 0 Å². The number of nitrogens with one attached hydrogen (secondary N) is 1. The van der Waals surface area contributed by atoms with Crippen molar-refractivity contribution in [2.45, 2.75) is 37.8 Å². The van der Waals surface area contributed by atoms with Gasteiger partial charge in [-0.05, 0) is 31.2 Å². The van der Waals surface area contributed by atoms with E-state index in [9.17, 15) is 4.79 Å². The van der Waals surface area contributed by atoms with E-state index in [-0.39, 0.29) is 18.1 Å². The van der Waals surface area contributed by atoms with E-state index >= 15 is 0 Å². The fourth-order valence-corrected chi connectivity index (χ4v) is 3.47. The Balaban J connectivity index is 1.75. The normalized spacial score (nSPS) is 33.5. The Hall–Kier alpha value is -1.39. The molecule has 0 spiro atoms. The maximum atomic E-state index is 11.4. The number of primary amides is 1. The van der Waals surface area contributed by atoms with Crippen molar-refractivity contribution in [3.63, 3.8) is 0 Å². The SMILES string of the molecule is Cc1ccc([C@H]2CCO[C@@H]3[C@H](CN[C@@H]3C(N)=O)C2)cc1. The Kier molecular flexibility index (Phi) is 3.76. The molecule has 2 fully saturated rings. The molecule has 2 heterocycles. The second kappa shape index (κ2) is 5.54. The summed E-state index contributed by atoms with van der Waals surface area (Å²) in [7, 11) is 0. The second-order valence-electron chi connectivity index (χ2n) is 6.02. The Morgan fingerprint density at radius 3 is 2.80 bits per heavy atom. The highest BCUT2D eigenvalue weighted by atomic mass is 16.5. The fraction of sp³-hybridized carbons (Fsp3) is 0.562. The average molecular weight is 274 g/mol. The molecule has 0 unspecified atom stereocenters. The first kappa shape index (κ1) is 13.6. The van der Waals surface area contributed by atoms with Crippen LogP contribution in [0.1, 0.15) is 29.9 Å². The highest BCUT2D eigenvalue weighted by Gasteiger charge is 2.42. The molecule has 2 aliphatic rings. The number of amides is 1. The Morgan fingerprint density at radius 1 is 1.35 bits per heavy atom. The highest BCUT2D eigenvalue weighted by molar-refractivity contribution is 5.81. The van der Waals surface area contributed by atoms with E-state index in [4.69, 9.17) is 10.5 Å². The van der Waals surface area contributed by atoms with Gasteiger partial charge in [0.25, 0.3) is 0 Å². The van der Waals surface area contributed by atoms with E-state index in [0.29, 0.717) is 18.4 Å². The quantitative estimate of drug-likeness (QED) is 0.855. The number of nitrogens with two attached hydrogens (primary N) is 1. The van der Waals surface area contributed by atoms with Crippen molar-refractivity contribution in [2.75, 3.05) is 13.2 Å². The molecule has 108 valence electrons. The molecule has 1 aromatic carbocycles. The molecule has 3 N–H and O–H groups in total. The van der Waals surface area contributed by atoms with E-state index in [1.54, 1.807) is 0 Å². The van der Waals surface area contributed by atoms with Gasteiger partial charge in [-0.25, -0.2) is 0 Å².